The maximum atomic E-state index is 12.7. The molecule has 8 nitrogen and oxygen atoms in total. The van der Waals surface area contributed by atoms with Gasteiger partial charge in [-0.2, -0.15) is 0 Å². The van der Waals surface area contributed by atoms with Gasteiger partial charge < -0.3 is 15.2 Å². The van der Waals surface area contributed by atoms with Gasteiger partial charge in [0.25, 0.3) is 5.56 Å². The number of benzene rings is 2. The number of carbonyl (C=O) groups is 2. The Labute approximate surface area is 179 Å². The maximum Gasteiger partial charge on any atom is 0.322 e. The van der Waals surface area contributed by atoms with E-state index in [-0.39, 0.29) is 23.2 Å². The van der Waals surface area contributed by atoms with Gasteiger partial charge in [-0.25, -0.2) is 9.78 Å². The fraction of sp³-hybridized carbons (Fsp3) is 0.217. The lowest BCUT2D eigenvalue weighted by molar-refractivity contribution is 0.101. The Bertz CT molecular complexity index is 1230. The number of Topliss-reactive ketones (excluding diaryl/α,β-unsaturated/α-hetero) is 1. The van der Waals surface area contributed by atoms with Crippen molar-refractivity contribution < 1.29 is 9.59 Å². The molecule has 1 aliphatic rings. The second kappa shape index (κ2) is 8.06. The first-order valence-electron chi connectivity index (χ1n) is 9.96. The van der Waals surface area contributed by atoms with Crippen LogP contribution in [0.5, 0.6) is 0 Å². The van der Waals surface area contributed by atoms with Crippen molar-refractivity contribution in [3.05, 3.63) is 70.1 Å². The molecule has 0 atom stereocenters. The monoisotopic (exact) mass is 417 g/mol. The fourth-order valence-corrected chi connectivity index (χ4v) is 3.64. The lowest BCUT2D eigenvalue weighted by Crippen LogP contribution is -2.28. The van der Waals surface area contributed by atoms with E-state index in [0.29, 0.717) is 30.0 Å². The Kier molecular flexibility index (Phi) is 5.29. The van der Waals surface area contributed by atoms with E-state index in [1.54, 1.807) is 42.4 Å². The van der Waals surface area contributed by atoms with Crippen molar-refractivity contribution in [2.24, 2.45) is 7.05 Å². The summed E-state index contributed by atoms with van der Waals surface area (Å²) in [5.74, 6) is 0.156. The van der Waals surface area contributed by atoms with Crippen LogP contribution >= 0.6 is 0 Å². The van der Waals surface area contributed by atoms with E-state index in [2.05, 4.69) is 15.6 Å². The van der Waals surface area contributed by atoms with Crippen LogP contribution in [-0.4, -0.2) is 34.5 Å². The average molecular weight is 417 g/mol. The number of anilines is 3. The molecule has 0 saturated carbocycles. The van der Waals surface area contributed by atoms with Gasteiger partial charge in [0.2, 0.25) is 0 Å². The summed E-state index contributed by atoms with van der Waals surface area (Å²) >= 11 is 0. The van der Waals surface area contributed by atoms with E-state index in [9.17, 15) is 14.4 Å². The van der Waals surface area contributed by atoms with Crippen LogP contribution < -0.4 is 21.1 Å². The first-order chi connectivity index (χ1) is 14.8. The van der Waals surface area contributed by atoms with Gasteiger partial charge in [-0.15, -0.1) is 0 Å². The highest BCUT2D eigenvalue weighted by Gasteiger charge is 2.24. The molecule has 1 saturated heterocycles. The third-order valence-corrected chi connectivity index (χ3v) is 5.35. The van der Waals surface area contributed by atoms with Gasteiger partial charge in [-0.1, -0.05) is 12.1 Å². The van der Waals surface area contributed by atoms with Gasteiger partial charge in [0.05, 0.1) is 5.69 Å². The molecule has 31 heavy (non-hydrogen) atoms. The van der Waals surface area contributed by atoms with Crippen LogP contribution in [0.25, 0.3) is 11.3 Å². The van der Waals surface area contributed by atoms with Crippen LogP contribution in [0.2, 0.25) is 0 Å². The Morgan fingerprint density at radius 3 is 2.52 bits per heavy atom. The molecule has 0 unspecified atom stereocenters. The Morgan fingerprint density at radius 2 is 1.87 bits per heavy atom. The molecular formula is C23H23N5O3. The summed E-state index contributed by atoms with van der Waals surface area (Å²) in [7, 11) is 1.67. The molecule has 2 aromatic carbocycles. The first-order valence-corrected chi connectivity index (χ1v) is 9.96. The number of urea groups is 1. The number of amides is 2. The van der Waals surface area contributed by atoms with Crippen molar-refractivity contribution in [2.75, 3.05) is 23.3 Å². The van der Waals surface area contributed by atoms with Crippen LogP contribution in [0.15, 0.2) is 53.5 Å². The van der Waals surface area contributed by atoms with Crippen molar-refractivity contribution in [2.45, 2.75) is 13.8 Å². The van der Waals surface area contributed by atoms with Crippen molar-refractivity contribution in [3.63, 3.8) is 0 Å². The zero-order valence-corrected chi connectivity index (χ0v) is 17.6. The van der Waals surface area contributed by atoms with E-state index in [1.165, 1.54) is 11.5 Å². The summed E-state index contributed by atoms with van der Waals surface area (Å²) in [5.41, 5.74) is 4.16. The minimum atomic E-state index is -0.271. The Hall–Kier alpha value is -3.94. The maximum absolute atomic E-state index is 12.7. The van der Waals surface area contributed by atoms with Crippen LogP contribution in [0.3, 0.4) is 0 Å². The van der Waals surface area contributed by atoms with Gasteiger partial charge in [-0.05, 0) is 49.7 Å². The number of nitrogens with one attached hydrogen (secondary N) is 2. The topological polar surface area (TPSA) is 96.3 Å². The zero-order valence-electron chi connectivity index (χ0n) is 17.6. The molecule has 0 radical (unpaired) electrons. The molecule has 0 spiro atoms. The molecule has 1 fully saturated rings. The van der Waals surface area contributed by atoms with E-state index < -0.39 is 0 Å². The summed E-state index contributed by atoms with van der Waals surface area (Å²) in [4.78, 5) is 42.5. The number of hydrogen-bond acceptors (Lipinski definition) is 5. The lowest BCUT2D eigenvalue weighted by Gasteiger charge is -2.19. The predicted octanol–water partition coefficient (Wildman–Crippen LogP) is 3.23. The van der Waals surface area contributed by atoms with Crippen LogP contribution in [-0.2, 0) is 7.05 Å². The van der Waals surface area contributed by atoms with Crippen LogP contribution in [0.1, 0.15) is 22.8 Å². The molecule has 158 valence electrons. The van der Waals surface area contributed by atoms with Crippen molar-refractivity contribution >= 4 is 29.0 Å². The number of carbonyl (C=O) groups excluding carboxylic acids is 2. The smallest absolute Gasteiger partial charge is 0.322 e. The number of hydrogen-bond donors (Lipinski definition) is 2. The second-order valence-electron chi connectivity index (χ2n) is 7.48. The second-order valence-corrected chi connectivity index (χ2v) is 7.48. The molecule has 3 aromatic rings. The summed E-state index contributed by atoms with van der Waals surface area (Å²) in [6, 6.07) is 12.5. The number of aromatic nitrogens is 2. The highest BCUT2D eigenvalue weighted by Crippen LogP contribution is 2.30. The molecular weight excluding hydrogens is 394 g/mol. The zero-order chi connectivity index (χ0) is 22.1. The molecule has 0 aliphatic carbocycles. The number of rotatable bonds is 5. The van der Waals surface area contributed by atoms with Gasteiger partial charge in [-0.3, -0.25) is 14.5 Å². The molecule has 8 heteroatoms. The Morgan fingerprint density at radius 1 is 1.13 bits per heavy atom. The standard InChI is InChI=1S/C23H23N5O3/c1-14-18(5-4-6-20(14)28-12-11-24-23(28)31)19-13-27(3)22(30)21(26-19)25-17-9-7-16(8-10-17)15(2)29/h4-10,13H,11-12H2,1-3H3,(H,24,31)(H,25,26). The first kappa shape index (κ1) is 20.3. The minimum absolute atomic E-state index is 0.0235. The van der Waals surface area contributed by atoms with Crippen LogP contribution in [0, 0.1) is 6.92 Å². The molecule has 2 N–H and O–H groups in total. The highest BCUT2D eigenvalue weighted by atomic mass is 16.2. The molecule has 2 amide bonds. The largest absolute Gasteiger partial charge is 0.336 e. The number of nitrogens with zero attached hydrogens (tertiary/aromatic N) is 3. The average Bonchev–Trinajstić information content (AvgIpc) is 3.17. The number of ketones is 1. The summed E-state index contributed by atoms with van der Waals surface area (Å²) in [6.45, 7) is 4.66. The van der Waals surface area contributed by atoms with Crippen LogP contribution in [0.4, 0.5) is 22.0 Å². The van der Waals surface area contributed by atoms with Crippen molar-refractivity contribution in [3.8, 4) is 11.3 Å². The predicted molar refractivity (Wildman–Crippen MR) is 120 cm³/mol. The van der Waals surface area contributed by atoms with E-state index in [4.69, 9.17) is 0 Å². The van der Waals surface area contributed by atoms with E-state index >= 15 is 0 Å². The quantitative estimate of drug-likeness (QED) is 0.622. The molecule has 1 aromatic heterocycles. The molecule has 1 aliphatic heterocycles. The van der Waals surface area contributed by atoms with E-state index in [1.807, 2.05) is 25.1 Å². The summed E-state index contributed by atoms with van der Waals surface area (Å²) in [6.07, 6.45) is 1.68. The van der Waals surface area contributed by atoms with Gasteiger partial charge in [0, 0.05) is 48.8 Å². The third kappa shape index (κ3) is 3.92. The molecule has 4 rings (SSSR count). The van der Waals surface area contributed by atoms with E-state index in [0.717, 1.165) is 16.8 Å². The highest BCUT2D eigenvalue weighted by molar-refractivity contribution is 5.96. The van der Waals surface area contributed by atoms with Gasteiger partial charge in [0.15, 0.2) is 11.6 Å². The van der Waals surface area contributed by atoms with Crippen molar-refractivity contribution in [1.82, 2.24) is 14.9 Å². The lowest BCUT2D eigenvalue weighted by atomic mass is 10.0. The fourth-order valence-electron chi connectivity index (χ4n) is 3.64. The Balaban J connectivity index is 1.72. The molecule has 0 bridgehead atoms. The number of aryl methyl sites for hydroxylation is 1. The van der Waals surface area contributed by atoms with Gasteiger partial charge >= 0.3 is 6.03 Å². The summed E-state index contributed by atoms with van der Waals surface area (Å²) in [5, 5.41) is 5.87. The minimum Gasteiger partial charge on any atom is -0.336 e. The normalized spacial score (nSPS) is 13.3. The van der Waals surface area contributed by atoms with Crippen molar-refractivity contribution in [1.29, 1.82) is 0 Å². The SMILES string of the molecule is CC(=O)c1ccc(Nc2nc(-c3cccc(N4CCNC4=O)c3C)cn(C)c2=O)cc1. The molecule has 2 heterocycles. The third-order valence-electron chi connectivity index (χ3n) is 5.35. The van der Waals surface area contributed by atoms with Gasteiger partial charge in [0.1, 0.15) is 0 Å². The summed E-state index contributed by atoms with van der Waals surface area (Å²) < 4.78 is 1.48.